The maximum atomic E-state index is 10.2. The van der Waals surface area contributed by atoms with Gasteiger partial charge in [0.2, 0.25) is 5.65 Å². The van der Waals surface area contributed by atoms with E-state index in [1.807, 2.05) is 6.07 Å². The van der Waals surface area contributed by atoms with Crippen molar-refractivity contribution >= 4 is 17.1 Å². The Labute approximate surface area is 114 Å². The molecule has 0 bridgehead atoms. The van der Waals surface area contributed by atoms with Gasteiger partial charge in [0.1, 0.15) is 5.52 Å². The topological polar surface area (TPSA) is 83.7 Å². The van der Waals surface area contributed by atoms with Crippen molar-refractivity contribution in [2.75, 3.05) is 0 Å². The zero-order valence-electron chi connectivity index (χ0n) is 8.96. The number of aliphatic carboxylic acids is 1. The number of hydrogen-bond donors (Lipinski definition) is 0. The van der Waals surface area contributed by atoms with Crippen molar-refractivity contribution in [2.24, 2.45) is 0 Å². The first-order valence-corrected chi connectivity index (χ1v) is 4.61. The van der Waals surface area contributed by atoms with E-state index in [1.165, 1.54) is 4.80 Å². The maximum absolute atomic E-state index is 10.2. The number of hydrogen-bond acceptors (Lipinski definition) is 5. The molecule has 0 fully saturated rings. The first kappa shape index (κ1) is 13.1. The van der Waals surface area contributed by atoms with E-state index in [0.29, 0.717) is 24.1 Å². The normalized spacial score (nSPS) is 10.0. The Bertz CT molecular complexity index is 452. The molecule has 2 heterocycles. The van der Waals surface area contributed by atoms with Crippen molar-refractivity contribution < 1.29 is 39.5 Å². The molecule has 0 spiro atoms. The average Bonchev–Trinajstić information content (AvgIpc) is 2.59. The minimum Gasteiger partial charge on any atom is -0.550 e. The quantitative estimate of drug-likeness (QED) is 0.504. The minimum absolute atomic E-state index is 0. The van der Waals surface area contributed by atoms with Crippen LogP contribution in [0.15, 0.2) is 18.3 Å². The third-order valence-corrected chi connectivity index (χ3v) is 1.94. The number of aromatic nitrogens is 4. The van der Waals surface area contributed by atoms with Crippen LogP contribution in [0.1, 0.15) is 12.8 Å². The Kier molecular flexibility index (Phi) is 4.85. The molecule has 0 aromatic carbocycles. The van der Waals surface area contributed by atoms with E-state index in [4.69, 9.17) is 0 Å². The van der Waals surface area contributed by atoms with E-state index in [-0.39, 0.29) is 36.0 Å². The summed E-state index contributed by atoms with van der Waals surface area (Å²) in [4.78, 5) is 15.7. The first-order chi connectivity index (χ1) is 7.25. The second kappa shape index (κ2) is 5.93. The summed E-state index contributed by atoms with van der Waals surface area (Å²) in [5, 5.41) is 18.4. The summed E-state index contributed by atoms with van der Waals surface area (Å²) in [5.74, 6) is -1.05. The van der Waals surface area contributed by atoms with Crippen molar-refractivity contribution in [1.29, 1.82) is 0 Å². The second-order valence-electron chi connectivity index (χ2n) is 3.12. The zero-order chi connectivity index (χ0) is 10.7. The predicted molar refractivity (Wildman–Crippen MR) is 49.6 cm³/mol. The van der Waals surface area contributed by atoms with E-state index in [1.54, 1.807) is 12.3 Å². The van der Waals surface area contributed by atoms with Crippen LogP contribution in [0.5, 0.6) is 0 Å². The third kappa shape index (κ3) is 3.26. The van der Waals surface area contributed by atoms with Crippen molar-refractivity contribution in [3.63, 3.8) is 0 Å². The molecular weight excluding hydrogens is 219 g/mol. The Morgan fingerprint density at radius 3 is 2.94 bits per heavy atom. The van der Waals surface area contributed by atoms with Gasteiger partial charge in [-0.3, -0.25) is 0 Å². The molecule has 7 heteroatoms. The van der Waals surface area contributed by atoms with Gasteiger partial charge in [0.05, 0.1) is 6.54 Å². The average molecular weight is 228 g/mol. The van der Waals surface area contributed by atoms with Gasteiger partial charge in [0.15, 0.2) is 0 Å². The molecule has 0 atom stereocenters. The number of carboxylic acid groups (broad SMARTS) is 1. The van der Waals surface area contributed by atoms with Gasteiger partial charge in [-0.05, 0) is 25.0 Å². The summed E-state index contributed by atoms with van der Waals surface area (Å²) in [6.45, 7) is 0.463. The van der Waals surface area contributed by atoms with Crippen LogP contribution in [-0.2, 0) is 11.3 Å². The summed E-state index contributed by atoms with van der Waals surface area (Å²) in [6.07, 6.45) is 2.12. The Morgan fingerprint density at radius 2 is 2.25 bits per heavy atom. The Balaban J connectivity index is 0.00000128. The van der Waals surface area contributed by atoms with Crippen molar-refractivity contribution in [2.45, 2.75) is 19.4 Å². The largest absolute Gasteiger partial charge is 1.00 e. The summed E-state index contributed by atoms with van der Waals surface area (Å²) < 4.78 is 0. The number of nitrogens with zero attached hydrogens (tertiary/aromatic N) is 4. The molecule has 78 valence electrons. The predicted octanol–water partition coefficient (Wildman–Crippen LogP) is -3.64. The molecule has 16 heavy (non-hydrogen) atoms. The van der Waals surface area contributed by atoms with Crippen molar-refractivity contribution in [3.8, 4) is 0 Å². The fourth-order valence-electron chi connectivity index (χ4n) is 1.26. The van der Waals surface area contributed by atoms with Crippen LogP contribution in [-0.4, -0.2) is 25.9 Å². The van der Waals surface area contributed by atoms with E-state index < -0.39 is 5.97 Å². The number of aryl methyl sites for hydroxylation is 1. The van der Waals surface area contributed by atoms with Gasteiger partial charge in [0.25, 0.3) is 0 Å². The number of carbonyl (C=O) groups is 1. The molecule has 0 aliphatic heterocycles. The number of carbonyl (C=O) groups excluding carboxylic acids is 1. The van der Waals surface area contributed by atoms with Crippen LogP contribution < -0.4 is 34.7 Å². The van der Waals surface area contributed by atoms with Gasteiger partial charge < -0.3 is 9.90 Å². The van der Waals surface area contributed by atoms with Crippen molar-refractivity contribution in [3.05, 3.63) is 18.3 Å². The molecule has 0 saturated carbocycles. The van der Waals surface area contributed by atoms with Gasteiger partial charge in [0, 0.05) is 12.2 Å². The first-order valence-electron chi connectivity index (χ1n) is 4.61. The molecule has 0 saturated heterocycles. The molecule has 0 aliphatic rings. The molecule has 0 aliphatic carbocycles. The molecule has 0 unspecified atom stereocenters. The van der Waals surface area contributed by atoms with E-state index in [9.17, 15) is 9.90 Å². The van der Waals surface area contributed by atoms with Gasteiger partial charge >= 0.3 is 29.6 Å². The fraction of sp³-hybridized carbons (Fsp3) is 0.333. The van der Waals surface area contributed by atoms with E-state index >= 15 is 0 Å². The van der Waals surface area contributed by atoms with Crippen LogP contribution >= 0.6 is 0 Å². The fourth-order valence-corrected chi connectivity index (χ4v) is 1.26. The maximum Gasteiger partial charge on any atom is 1.00 e. The van der Waals surface area contributed by atoms with Crippen LogP contribution in [0.25, 0.3) is 11.2 Å². The minimum atomic E-state index is -1.05. The summed E-state index contributed by atoms with van der Waals surface area (Å²) in [7, 11) is 0. The second-order valence-corrected chi connectivity index (χ2v) is 3.12. The molecular formula is C9H9N4NaO2. The summed E-state index contributed by atoms with van der Waals surface area (Å²) in [6, 6.07) is 3.59. The monoisotopic (exact) mass is 228 g/mol. The van der Waals surface area contributed by atoms with Gasteiger partial charge in [-0.1, -0.05) is 0 Å². The van der Waals surface area contributed by atoms with Crippen LogP contribution in [0.4, 0.5) is 0 Å². The SMILES string of the molecule is O=C([O-])CCCn1nc2cccnc2n1.[Na+]. The molecule has 0 radical (unpaired) electrons. The van der Waals surface area contributed by atoms with Crippen LogP contribution in [0, 0.1) is 0 Å². The van der Waals surface area contributed by atoms with Gasteiger partial charge in [-0.15, -0.1) is 5.10 Å². The number of fused-ring (bicyclic) bond motifs is 1. The molecule has 2 aromatic heterocycles. The standard InChI is InChI=1S/C9H10N4O2.Na/c14-8(15)4-2-6-13-11-7-3-1-5-10-9(7)12-13;/h1,3,5H,2,4,6H2,(H,14,15);/q;+1/p-1. The van der Waals surface area contributed by atoms with E-state index in [2.05, 4.69) is 15.2 Å². The summed E-state index contributed by atoms with van der Waals surface area (Å²) >= 11 is 0. The smallest absolute Gasteiger partial charge is 0.550 e. The zero-order valence-corrected chi connectivity index (χ0v) is 11.0. The Hall–Kier alpha value is -0.980. The molecule has 6 nitrogen and oxygen atoms in total. The molecule has 0 amide bonds. The molecule has 2 aromatic rings. The number of carboxylic acids is 1. The number of pyridine rings is 1. The molecule has 0 N–H and O–H groups in total. The van der Waals surface area contributed by atoms with E-state index in [0.717, 1.165) is 0 Å². The van der Waals surface area contributed by atoms with Crippen LogP contribution in [0.3, 0.4) is 0 Å². The van der Waals surface area contributed by atoms with Crippen LogP contribution in [0.2, 0.25) is 0 Å². The van der Waals surface area contributed by atoms with Gasteiger partial charge in [-0.25, -0.2) is 4.98 Å². The summed E-state index contributed by atoms with van der Waals surface area (Å²) in [5.41, 5.74) is 1.29. The number of rotatable bonds is 4. The third-order valence-electron chi connectivity index (χ3n) is 1.94. The molecule has 2 rings (SSSR count). The van der Waals surface area contributed by atoms with Crippen molar-refractivity contribution in [1.82, 2.24) is 20.0 Å². The Morgan fingerprint density at radius 1 is 1.44 bits per heavy atom. The van der Waals surface area contributed by atoms with Gasteiger partial charge in [-0.2, -0.15) is 9.90 Å².